The first-order valence-corrected chi connectivity index (χ1v) is 12.3. The molecule has 0 saturated carbocycles. The molecule has 2 amide bonds. The van der Waals surface area contributed by atoms with Crippen molar-refractivity contribution < 1.29 is 22.7 Å². The first kappa shape index (κ1) is 22.2. The van der Waals surface area contributed by atoms with E-state index < -0.39 is 15.7 Å². The topological polar surface area (TPSA) is 102 Å². The van der Waals surface area contributed by atoms with Crippen molar-refractivity contribution in [3.63, 3.8) is 0 Å². The molecule has 0 unspecified atom stereocenters. The summed E-state index contributed by atoms with van der Waals surface area (Å²) in [5, 5.41) is 5.47. The summed E-state index contributed by atoms with van der Waals surface area (Å²) < 4.78 is 30.8. The molecule has 30 heavy (non-hydrogen) atoms. The Morgan fingerprint density at radius 1 is 1.23 bits per heavy atom. The van der Waals surface area contributed by atoms with Crippen LogP contribution in [0.3, 0.4) is 0 Å². The second-order valence-electron chi connectivity index (χ2n) is 6.93. The van der Waals surface area contributed by atoms with Crippen LogP contribution in [0.15, 0.2) is 52.3 Å². The van der Waals surface area contributed by atoms with Gasteiger partial charge in [0, 0.05) is 28.7 Å². The van der Waals surface area contributed by atoms with E-state index in [0.29, 0.717) is 29.5 Å². The zero-order valence-electron chi connectivity index (χ0n) is 16.8. The third kappa shape index (κ3) is 5.54. The van der Waals surface area contributed by atoms with Gasteiger partial charge in [-0.3, -0.25) is 9.59 Å². The number of carbonyl (C=O) groups is 2. The van der Waals surface area contributed by atoms with Crippen molar-refractivity contribution in [1.82, 2.24) is 0 Å². The van der Waals surface area contributed by atoms with E-state index in [9.17, 15) is 18.0 Å². The van der Waals surface area contributed by atoms with E-state index in [1.807, 2.05) is 13.8 Å². The molecule has 9 heteroatoms. The van der Waals surface area contributed by atoms with Gasteiger partial charge in [0.1, 0.15) is 5.75 Å². The average Bonchev–Trinajstić information content (AvgIpc) is 2.86. The van der Waals surface area contributed by atoms with Crippen LogP contribution in [0.4, 0.5) is 11.4 Å². The summed E-state index contributed by atoms with van der Waals surface area (Å²) in [7, 11) is -3.68. The second-order valence-corrected chi connectivity index (χ2v) is 10.1. The van der Waals surface area contributed by atoms with E-state index in [-0.39, 0.29) is 28.9 Å². The van der Waals surface area contributed by atoms with Gasteiger partial charge in [0.15, 0.2) is 9.84 Å². The molecular weight excluding hydrogens is 424 g/mol. The zero-order valence-corrected chi connectivity index (χ0v) is 18.4. The molecule has 0 fully saturated rings. The number of ether oxygens (including phenoxy) is 1. The van der Waals surface area contributed by atoms with E-state index in [1.54, 1.807) is 30.3 Å². The number of rotatable bonds is 7. The molecule has 1 heterocycles. The molecule has 2 aromatic rings. The number of sulfone groups is 1. The van der Waals surface area contributed by atoms with Gasteiger partial charge in [-0.1, -0.05) is 6.92 Å². The smallest absolute Gasteiger partial charge is 0.228 e. The Hall–Kier alpha value is -2.52. The summed E-state index contributed by atoms with van der Waals surface area (Å²) in [6.45, 7) is 4.26. The van der Waals surface area contributed by atoms with Crippen molar-refractivity contribution in [2.24, 2.45) is 5.92 Å². The second kappa shape index (κ2) is 9.53. The van der Waals surface area contributed by atoms with E-state index in [4.69, 9.17) is 4.74 Å². The molecule has 1 aliphatic heterocycles. The summed E-state index contributed by atoms with van der Waals surface area (Å²) in [4.78, 5) is 25.2. The minimum absolute atomic E-state index is 0.0885. The van der Waals surface area contributed by atoms with Crippen molar-refractivity contribution >= 4 is 44.8 Å². The van der Waals surface area contributed by atoms with Crippen LogP contribution in [0.1, 0.15) is 20.3 Å². The van der Waals surface area contributed by atoms with Crippen LogP contribution in [-0.2, 0) is 19.4 Å². The lowest BCUT2D eigenvalue weighted by molar-refractivity contribution is -0.118. The van der Waals surface area contributed by atoms with Crippen LogP contribution < -0.4 is 15.4 Å². The maximum absolute atomic E-state index is 12.7. The molecule has 0 aliphatic carbocycles. The van der Waals surface area contributed by atoms with Gasteiger partial charge in [-0.25, -0.2) is 8.42 Å². The zero-order chi connectivity index (χ0) is 21.7. The Labute approximate surface area is 180 Å². The van der Waals surface area contributed by atoms with Gasteiger partial charge in [-0.15, -0.1) is 11.8 Å². The Kier molecular flexibility index (Phi) is 7.04. The van der Waals surface area contributed by atoms with E-state index in [0.717, 1.165) is 4.90 Å². The van der Waals surface area contributed by atoms with Crippen molar-refractivity contribution in [3.8, 4) is 5.75 Å². The lowest BCUT2D eigenvalue weighted by Gasteiger charge is -2.10. The molecule has 0 spiro atoms. The van der Waals surface area contributed by atoms with Crippen LogP contribution in [0.5, 0.6) is 5.75 Å². The van der Waals surface area contributed by atoms with E-state index in [2.05, 4.69) is 10.6 Å². The van der Waals surface area contributed by atoms with Crippen LogP contribution in [0.25, 0.3) is 0 Å². The van der Waals surface area contributed by atoms with Gasteiger partial charge in [0.05, 0.1) is 22.9 Å². The van der Waals surface area contributed by atoms with Crippen molar-refractivity contribution in [3.05, 3.63) is 42.5 Å². The number of anilines is 2. The summed E-state index contributed by atoms with van der Waals surface area (Å²) in [5.41, 5.74) is 1.06. The molecule has 1 aliphatic rings. The maximum Gasteiger partial charge on any atom is 0.228 e. The van der Waals surface area contributed by atoms with E-state index >= 15 is 0 Å². The summed E-state index contributed by atoms with van der Waals surface area (Å²) >= 11 is 1.51. The van der Waals surface area contributed by atoms with Gasteiger partial charge in [-0.2, -0.15) is 0 Å². The van der Waals surface area contributed by atoms with Crippen molar-refractivity contribution in [1.29, 1.82) is 0 Å². The van der Waals surface area contributed by atoms with Crippen LogP contribution >= 0.6 is 11.8 Å². The number of thioether (sulfide) groups is 1. The normalized spacial score (nSPS) is 16.2. The SMILES string of the molecule is CCOc1ccc(NC(=O)CCS(=O)(=O)c2ccc3c(c2)NC(=O)[C@H](C)CS3)cc1. The molecule has 0 saturated heterocycles. The summed E-state index contributed by atoms with van der Waals surface area (Å²) in [5.74, 6) is 0.318. The minimum atomic E-state index is -3.68. The highest BCUT2D eigenvalue weighted by Crippen LogP contribution is 2.34. The number of nitrogens with one attached hydrogen (secondary N) is 2. The Balaban J connectivity index is 1.63. The number of amides is 2. The first-order valence-electron chi connectivity index (χ1n) is 9.61. The molecule has 160 valence electrons. The minimum Gasteiger partial charge on any atom is -0.494 e. The predicted octanol–water partition coefficient (Wildman–Crippen LogP) is 3.57. The molecule has 2 N–H and O–H groups in total. The van der Waals surface area contributed by atoms with Gasteiger partial charge < -0.3 is 15.4 Å². The molecule has 0 aromatic heterocycles. The molecule has 2 aromatic carbocycles. The van der Waals surface area contributed by atoms with Gasteiger partial charge in [-0.05, 0) is 49.4 Å². The Morgan fingerprint density at radius 2 is 1.97 bits per heavy atom. The third-order valence-electron chi connectivity index (χ3n) is 4.55. The lowest BCUT2D eigenvalue weighted by atomic mass is 10.2. The number of carbonyl (C=O) groups excluding carboxylic acids is 2. The van der Waals surface area contributed by atoms with Crippen molar-refractivity contribution in [2.75, 3.05) is 28.7 Å². The number of hydrogen-bond acceptors (Lipinski definition) is 6. The standard InChI is InChI=1S/C21H24N2O5S2/c1-3-28-16-6-4-15(5-7-16)22-20(24)10-11-30(26,27)17-8-9-19-18(12-17)23-21(25)14(2)13-29-19/h4-9,12,14H,3,10-11,13H2,1-2H3,(H,22,24)(H,23,25)/t14-/m1/s1. The van der Waals surface area contributed by atoms with Gasteiger partial charge >= 0.3 is 0 Å². The molecule has 1 atom stereocenters. The number of hydrogen-bond donors (Lipinski definition) is 2. The van der Waals surface area contributed by atoms with Crippen LogP contribution in [-0.4, -0.2) is 38.3 Å². The Morgan fingerprint density at radius 3 is 2.67 bits per heavy atom. The molecule has 0 bridgehead atoms. The molecule has 0 radical (unpaired) electrons. The lowest BCUT2D eigenvalue weighted by Crippen LogP contribution is -2.20. The highest BCUT2D eigenvalue weighted by molar-refractivity contribution is 7.99. The van der Waals surface area contributed by atoms with Crippen LogP contribution in [0, 0.1) is 5.92 Å². The maximum atomic E-state index is 12.7. The summed E-state index contributed by atoms with van der Waals surface area (Å²) in [6, 6.07) is 11.6. The van der Waals surface area contributed by atoms with Gasteiger partial charge in [0.25, 0.3) is 0 Å². The summed E-state index contributed by atoms with van der Waals surface area (Å²) in [6.07, 6.45) is -0.176. The fraction of sp³-hybridized carbons (Fsp3) is 0.333. The first-order chi connectivity index (χ1) is 14.3. The van der Waals surface area contributed by atoms with Gasteiger partial charge in [0.2, 0.25) is 11.8 Å². The third-order valence-corrected chi connectivity index (χ3v) is 7.60. The van der Waals surface area contributed by atoms with Crippen molar-refractivity contribution in [2.45, 2.75) is 30.1 Å². The Bertz CT molecular complexity index is 1040. The van der Waals surface area contributed by atoms with Crippen LogP contribution in [0.2, 0.25) is 0 Å². The fourth-order valence-corrected chi connectivity index (χ4v) is 5.12. The molecular formula is C21H24N2O5S2. The predicted molar refractivity (Wildman–Crippen MR) is 118 cm³/mol. The largest absolute Gasteiger partial charge is 0.494 e. The quantitative estimate of drug-likeness (QED) is 0.672. The fourth-order valence-electron chi connectivity index (χ4n) is 2.84. The molecule has 7 nitrogen and oxygen atoms in total. The number of fused-ring (bicyclic) bond motifs is 1. The monoisotopic (exact) mass is 448 g/mol. The highest BCUT2D eigenvalue weighted by Gasteiger charge is 2.23. The molecule has 3 rings (SSSR count). The van der Waals surface area contributed by atoms with E-state index in [1.165, 1.54) is 23.9 Å². The average molecular weight is 449 g/mol. The number of benzene rings is 2. The highest BCUT2D eigenvalue weighted by atomic mass is 32.2.